The van der Waals surface area contributed by atoms with Gasteiger partial charge in [0, 0.05) is 29.2 Å². The Hall–Kier alpha value is -2.61. The topological polar surface area (TPSA) is 85.7 Å². The highest BCUT2D eigenvalue weighted by molar-refractivity contribution is 7.91. The Morgan fingerprint density at radius 3 is 2.36 bits per heavy atom. The highest BCUT2D eigenvalue weighted by Crippen LogP contribution is 2.29. The first kappa shape index (κ1) is 23.5. The number of carbonyl (C=O) groups excluding carboxylic acids is 2. The fourth-order valence-corrected chi connectivity index (χ4v) is 6.99. The van der Waals surface area contributed by atoms with Gasteiger partial charge in [0.25, 0.3) is 5.91 Å². The summed E-state index contributed by atoms with van der Waals surface area (Å²) in [5, 5.41) is 0. The lowest BCUT2D eigenvalue weighted by atomic mass is 9.93. The second-order valence-corrected chi connectivity index (χ2v) is 11.4. The maximum Gasteiger partial charge on any atom is 0.340 e. The molecule has 0 N–H and O–H groups in total. The van der Waals surface area contributed by atoms with Crippen LogP contribution in [0.4, 0.5) is 0 Å². The second-order valence-electron chi connectivity index (χ2n) is 9.18. The van der Waals surface area contributed by atoms with Gasteiger partial charge in [-0.2, -0.15) is 0 Å². The minimum absolute atomic E-state index is 0.00140. The van der Waals surface area contributed by atoms with Crippen molar-refractivity contribution in [2.45, 2.75) is 64.5 Å². The number of nitrogens with zero attached hydrogens (tertiary/aromatic N) is 2. The van der Waals surface area contributed by atoms with Gasteiger partial charge in [-0.15, -0.1) is 0 Å². The van der Waals surface area contributed by atoms with E-state index in [-0.39, 0.29) is 36.1 Å². The van der Waals surface area contributed by atoms with Gasteiger partial charge in [-0.1, -0.05) is 37.5 Å². The lowest BCUT2D eigenvalue weighted by molar-refractivity contribution is -0.140. The number of amides is 1. The molecule has 33 heavy (non-hydrogen) atoms. The maximum atomic E-state index is 13.2. The van der Waals surface area contributed by atoms with Crippen molar-refractivity contribution in [1.82, 2.24) is 9.47 Å². The van der Waals surface area contributed by atoms with Crippen LogP contribution in [0.5, 0.6) is 0 Å². The number of hydrogen-bond acceptors (Lipinski definition) is 5. The van der Waals surface area contributed by atoms with Crippen LogP contribution in [-0.4, -0.2) is 60.0 Å². The molecule has 1 atom stereocenters. The van der Waals surface area contributed by atoms with E-state index in [0.29, 0.717) is 12.0 Å². The molecular weight excluding hydrogens is 440 g/mol. The van der Waals surface area contributed by atoms with Crippen molar-refractivity contribution >= 4 is 21.7 Å². The zero-order chi connectivity index (χ0) is 23.6. The predicted octanol–water partition coefficient (Wildman–Crippen LogP) is 3.60. The van der Waals surface area contributed by atoms with Crippen molar-refractivity contribution in [3.8, 4) is 5.69 Å². The van der Waals surface area contributed by atoms with Crippen molar-refractivity contribution in [1.29, 1.82) is 0 Å². The SMILES string of the molecule is Cc1cc(C(=O)OCC(=O)N(C2CCCCC2)C2CCS(=O)(=O)C2)c(C)n1-c1ccccc1. The molecule has 1 aliphatic heterocycles. The standard InChI is InChI=1S/C25H32N2O5S/c1-18-15-23(19(2)26(18)20-9-5-3-6-10-20)25(29)32-16-24(28)27(21-11-7-4-8-12-21)22-13-14-33(30,31)17-22/h3,5-6,9-10,15,21-22H,4,7-8,11-14,16-17H2,1-2H3. The summed E-state index contributed by atoms with van der Waals surface area (Å²) in [6, 6.07) is 11.2. The molecule has 7 nitrogen and oxygen atoms in total. The summed E-state index contributed by atoms with van der Waals surface area (Å²) in [4.78, 5) is 27.8. The number of benzene rings is 1. The minimum Gasteiger partial charge on any atom is -0.452 e. The smallest absolute Gasteiger partial charge is 0.340 e. The summed E-state index contributed by atoms with van der Waals surface area (Å²) in [6.45, 7) is 3.41. The molecule has 0 radical (unpaired) electrons. The monoisotopic (exact) mass is 472 g/mol. The van der Waals surface area contributed by atoms with Gasteiger partial charge >= 0.3 is 5.97 Å². The van der Waals surface area contributed by atoms with Gasteiger partial charge in [0.15, 0.2) is 16.4 Å². The van der Waals surface area contributed by atoms with Gasteiger partial charge in [-0.3, -0.25) is 4.79 Å². The lowest BCUT2D eigenvalue weighted by Crippen LogP contribution is -2.50. The summed E-state index contributed by atoms with van der Waals surface area (Å²) in [5.41, 5.74) is 3.03. The molecular formula is C25H32N2O5S. The number of sulfone groups is 1. The third-order valence-electron chi connectivity index (χ3n) is 6.85. The van der Waals surface area contributed by atoms with Crippen LogP contribution < -0.4 is 0 Å². The van der Waals surface area contributed by atoms with Crippen LogP contribution in [0.25, 0.3) is 5.69 Å². The first-order valence-electron chi connectivity index (χ1n) is 11.7. The maximum absolute atomic E-state index is 13.2. The average molecular weight is 473 g/mol. The molecule has 2 aromatic rings. The number of ether oxygens (including phenoxy) is 1. The minimum atomic E-state index is -3.13. The lowest BCUT2D eigenvalue weighted by Gasteiger charge is -2.38. The summed E-state index contributed by atoms with van der Waals surface area (Å²) in [7, 11) is -3.13. The number of rotatable bonds is 6. The molecule has 1 aromatic carbocycles. The molecule has 8 heteroatoms. The number of hydrogen-bond donors (Lipinski definition) is 0. The van der Waals surface area contributed by atoms with E-state index >= 15 is 0 Å². The number of para-hydroxylation sites is 1. The van der Waals surface area contributed by atoms with E-state index in [0.717, 1.165) is 49.2 Å². The molecule has 2 heterocycles. The Labute approximate surface area is 195 Å². The fraction of sp³-hybridized carbons (Fsp3) is 0.520. The van der Waals surface area contributed by atoms with Crippen molar-refractivity contribution < 1.29 is 22.7 Å². The molecule has 1 aliphatic carbocycles. The molecule has 0 bridgehead atoms. The van der Waals surface area contributed by atoms with Gasteiger partial charge in [-0.25, -0.2) is 13.2 Å². The van der Waals surface area contributed by atoms with Gasteiger partial charge in [0.1, 0.15) is 0 Å². The van der Waals surface area contributed by atoms with E-state index in [1.165, 1.54) is 0 Å². The number of aryl methyl sites for hydroxylation is 1. The molecule has 0 spiro atoms. The molecule has 1 unspecified atom stereocenters. The number of aromatic nitrogens is 1. The van der Waals surface area contributed by atoms with Crippen molar-refractivity contribution in [3.05, 3.63) is 53.3 Å². The zero-order valence-electron chi connectivity index (χ0n) is 19.3. The Balaban J connectivity index is 1.48. The van der Waals surface area contributed by atoms with Crippen LogP contribution in [0, 0.1) is 13.8 Å². The van der Waals surface area contributed by atoms with Crippen LogP contribution in [-0.2, 0) is 19.4 Å². The Morgan fingerprint density at radius 1 is 1.03 bits per heavy atom. The Bertz CT molecular complexity index is 1120. The third-order valence-corrected chi connectivity index (χ3v) is 8.60. The highest BCUT2D eigenvalue weighted by atomic mass is 32.2. The summed E-state index contributed by atoms with van der Waals surface area (Å²) in [5.74, 6) is -0.726. The van der Waals surface area contributed by atoms with Crippen molar-refractivity contribution in [3.63, 3.8) is 0 Å². The van der Waals surface area contributed by atoms with Gasteiger partial charge < -0.3 is 14.2 Å². The molecule has 178 valence electrons. The number of esters is 1. The fourth-order valence-electron chi connectivity index (χ4n) is 5.28. The predicted molar refractivity (Wildman–Crippen MR) is 126 cm³/mol. The molecule has 1 aromatic heterocycles. The Kier molecular flexibility index (Phi) is 6.93. The summed E-state index contributed by atoms with van der Waals surface area (Å²) < 4.78 is 31.6. The van der Waals surface area contributed by atoms with Gasteiger partial charge in [0.2, 0.25) is 0 Å². The average Bonchev–Trinajstić information content (AvgIpc) is 3.31. The van der Waals surface area contributed by atoms with Crippen LogP contribution >= 0.6 is 0 Å². The first-order valence-corrected chi connectivity index (χ1v) is 13.5. The largest absolute Gasteiger partial charge is 0.452 e. The van der Waals surface area contributed by atoms with Gasteiger partial charge in [0.05, 0.1) is 17.1 Å². The second kappa shape index (κ2) is 9.71. The third kappa shape index (κ3) is 5.16. The van der Waals surface area contributed by atoms with Crippen molar-refractivity contribution in [2.24, 2.45) is 0 Å². The van der Waals surface area contributed by atoms with E-state index in [1.54, 1.807) is 11.0 Å². The molecule has 2 fully saturated rings. The molecule has 4 rings (SSSR count). The van der Waals surface area contributed by atoms with Crippen LogP contribution in [0.2, 0.25) is 0 Å². The summed E-state index contributed by atoms with van der Waals surface area (Å²) in [6.07, 6.45) is 5.38. The molecule has 1 saturated carbocycles. The van der Waals surface area contributed by atoms with E-state index in [2.05, 4.69) is 0 Å². The normalized spacial score (nSPS) is 20.5. The highest BCUT2D eigenvalue weighted by Gasteiger charge is 2.38. The van der Waals surface area contributed by atoms with Crippen LogP contribution in [0.3, 0.4) is 0 Å². The quantitative estimate of drug-likeness (QED) is 0.600. The molecule has 2 aliphatic rings. The van der Waals surface area contributed by atoms with Crippen LogP contribution in [0.15, 0.2) is 36.4 Å². The van der Waals surface area contributed by atoms with E-state index in [9.17, 15) is 18.0 Å². The Morgan fingerprint density at radius 2 is 1.73 bits per heavy atom. The zero-order valence-corrected chi connectivity index (χ0v) is 20.1. The van der Waals surface area contributed by atoms with E-state index in [1.807, 2.05) is 48.7 Å². The van der Waals surface area contributed by atoms with Crippen LogP contribution in [0.1, 0.15) is 60.3 Å². The van der Waals surface area contributed by atoms with E-state index in [4.69, 9.17) is 4.74 Å². The molecule has 1 amide bonds. The first-order chi connectivity index (χ1) is 15.8. The van der Waals surface area contributed by atoms with Gasteiger partial charge in [-0.05, 0) is 51.3 Å². The molecule has 1 saturated heterocycles. The summed E-state index contributed by atoms with van der Waals surface area (Å²) >= 11 is 0. The van der Waals surface area contributed by atoms with Crippen molar-refractivity contribution in [2.75, 3.05) is 18.1 Å². The van der Waals surface area contributed by atoms with E-state index < -0.39 is 15.8 Å². The number of carbonyl (C=O) groups is 2.